The average Bonchev–Trinajstić information content (AvgIpc) is 2.38. The first kappa shape index (κ1) is 14.6. The van der Waals surface area contributed by atoms with Gasteiger partial charge in [0.15, 0.2) is 0 Å². The first-order valence-corrected chi connectivity index (χ1v) is 8.19. The van der Waals surface area contributed by atoms with Crippen LogP contribution >= 0.6 is 11.8 Å². The highest BCUT2D eigenvalue weighted by Gasteiger charge is 2.21. The zero-order chi connectivity index (χ0) is 13.8. The molecule has 0 spiro atoms. The second-order valence-corrected chi connectivity index (χ2v) is 7.19. The van der Waals surface area contributed by atoms with E-state index in [0.717, 1.165) is 27.8 Å². The molecule has 0 saturated heterocycles. The molecule has 1 N–H and O–H groups in total. The summed E-state index contributed by atoms with van der Waals surface area (Å²) in [5.74, 6) is 3.11. The van der Waals surface area contributed by atoms with Crippen LogP contribution in [0.3, 0.4) is 0 Å². The molecule has 2 atom stereocenters. The number of rotatable bonds is 4. The molecule has 1 aliphatic carbocycles. The van der Waals surface area contributed by atoms with E-state index in [-0.39, 0.29) is 0 Å². The Morgan fingerprint density at radius 2 is 2.11 bits per heavy atom. The van der Waals surface area contributed by atoms with Gasteiger partial charge in [0.2, 0.25) is 0 Å². The Bertz CT molecular complexity index is 420. The summed E-state index contributed by atoms with van der Waals surface area (Å²) in [5.41, 5.74) is 0. The number of aromatic nitrogens is 2. The van der Waals surface area contributed by atoms with Crippen LogP contribution in [0.4, 0.5) is 5.82 Å². The molecule has 2 unspecified atom stereocenters. The average molecular weight is 279 g/mol. The van der Waals surface area contributed by atoms with Crippen molar-refractivity contribution in [3.63, 3.8) is 0 Å². The molecule has 1 aromatic heterocycles. The highest BCUT2D eigenvalue weighted by atomic mass is 32.2. The van der Waals surface area contributed by atoms with E-state index in [1.165, 1.54) is 25.7 Å². The molecule has 1 saturated carbocycles. The Hall–Kier alpha value is -0.770. The van der Waals surface area contributed by atoms with Crippen LogP contribution in [0.5, 0.6) is 0 Å². The first-order valence-electron chi connectivity index (χ1n) is 7.32. The summed E-state index contributed by atoms with van der Waals surface area (Å²) in [6, 6.07) is 2.08. The molecular weight excluding hydrogens is 254 g/mol. The number of anilines is 1. The van der Waals surface area contributed by atoms with Gasteiger partial charge < -0.3 is 5.32 Å². The van der Waals surface area contributed by atoms with Crippen LogP contribution in [0.1, 0.15) is 58.2 Å². The molecule has 0 radical (unpaired) electrons. The molecule has 2 rings (SSSR count). The van der Waals surface area contributed by atoms with E-state index in [1.54, 1.807) is 0 Å². The van der Waals surface area contributed by atoms with Gasteiger partial charge in [-0.15, -0.1) is 11.8 Å². The number of nitrogens with zero attached hydrogens (tertiary/aromatic N) is 2. The van der Waals surface area contributed by atoms with Gasteiger partial charge in [0.1, 0.15) is 16.7 Å². The fourth-order valence-electron chi connectivity index (χ4n) is 2.55. The van der Waals surface area contributed by atoms with Gasteiger partial charge in [-0.1, -0.05) is 33.6 Å². The quantitative estimate of drug-likeness (QED) is 0.833. The van der Waals surface area contributed by atoms with E-state index in [2.05, 4.69) is 37.1 Å². The molecule has 1 fully saturated rings. The molecule has 0 bridgehead atoms. The summed E-state index contributed by atoms with van der Waals surface area (Å²) in [5, 5.41) is 5.00. The molecular formula is C15H25N3S. The molecule has 0 aromatic carbocycles. The van der Waals surface area contributed by atoms with Crippen LogP contribution in [0, 0.1) is 5.92 Å². The standard InChI is InChI=1S/C15H25N3S/c1-10(2)15-17-13(16-4)9-14(18-15)19-12-7-5-6-11(3)8-12/h9-12H,5-8H2,1-4H3,(H,16,17,18). The van der Waals surface area contributed by atoms with Crippen LogP contribution in [-0.4, -0.2) is 22.3 Å². The molecule has 0 amide bonds. The minimum absolute atomic E-state index is 0.373. The van der Waals surface area contributed by atoms with Gasteiger partial charge in [-0.05, 0) is 18.8 Å². The Morgan fingerprint density at radius 1 is 1.32 bits per heavy atom. The van der Waals surface area contributed by atoms with Gasteiger partial charge in [-0.3, -0.25) is 0 Å². The van der Waals surface area contributed by atoms with Crippen LogP contribution in [0.15, 0.2) is 11.1 Å². The molecule has 3 nitrogen and oxygen atoms in total. The Labute approximate surface area is 121 Å². The van der Waals surface area contributed by atoms with Gasteiger partial charge in [-0.2, -0.15) is 0 Å². The van der Waals surface area contributed by atoms with Gasteiger partial charge in [0, 0.05) is 24.3 Å². The van der Waals surface area contributed by atoms with E-state index in [1.807, 2.05) is 18.8 Å². The van der Waals surface area contributed by atoms with E-state index in [4.69, 9.17) is 4.98 Å². The summed E-state index contributed by atoms with van der Waals surface area (Å²) in [6.07, 6.45) is 5.39. The number of thioether (sulfide) groups is 1. The van der Waals surface area contributed by atoms with Crippen molar-refractivity contribution in [2.45, 2.75) is 62.6 Å². The highest BCUT2D eigenvalue weighted by molar-refractivity contribution is 7.99. The molecule has 0 aliphatic heterocycles. The van der Waals surface area contributed by atoms with Gasteiger partial charge in [0.05, 0.1) is 0 Å². The van der Waals surface area contributed by atoms with Crippen molar-refractivity contribution in [1.29, 1.82) is 0 Å². The summed E-state index contributed by atoms with van der Waals surface area (Å²) >= 11 is 1.94. The van der Waals surface area contributed by atoms with Crippen molar-refractivity contribution in [1.82, 2.24) is 9.97 Å². The lowest BCUT2D eigenvalue weighted by Crippen LogP contribution is -2.15. The number of nitrogens with one attached hydrogen (secondary N) is 1. The topological polar surface area (TPSA) is 37.8 Å². The largest absolute Gasteiger partial charge is 0.373 e. The lowest BCUT2D eigenvalue weighted by molar-refractivity contribution is 0.394. The van der Waals surface area contributed by atoms with Crippen LogP contribution in [0.25, 0.3) is 0 Å². The van der Waals surface area contributed by atoms with Crippen molar-refractivity contribution >= 4 is 17.6 Å². The maximum Gasteiger partial charge on any atom is 0.134 e. The second kappa shape index (κ2) is 6.60. The first-order chi connectivity index (χ1) is 9.08. The third-order valence-electron chi connectivity index (χ3n) is 3.67. The summed E-state index contributed by atoms with van der Waals surface area (Å²) < 4.78 is 0. The summed E-state index contributed by atoms with van der Waals surface area (Å²) in [4.78, 5) is 9.24. The summed E-state index contributed by atoms with van der Waals surface area (Å²) in [7, 11) is 1.92. The number of hydrogen-bond acceptors (Lipinski definition) is 4. The minimum Gasteiger partial charge on any atom is -0.373 e. The smallest absolute Gasteiger partial charge is 0.134 e. The molecule has 1 aliphatic rings. The van der Waals surface area contributed by atoms with Crippen molar-refractivity contribution in [2.75, 3.05) is 12.4 Å². The van der Waals surface area contributed by atoms with E-state index in [0.29, 0.717) is 5.92 Å². The van der Waals surface area contributed by atoms with Crippen molar-refractivity contribution in [2.24, 2.45) is 5.92 Å². The molecule has 19 heavy (non-hydrogen) atoms. The van der Waals surface area contributed by atoms with E-state index < -0.39 is 0 Å². The lowest BCUT2D eigenvalue weighted by atomic mass is 9.91. The van der Waals surface area contributed by atoms with Crippen LogP contribution in [0.2, 0.25) is 0 Å². The van der Waals surface area contributed by atoms with E-state index >= 15 is 0 Å². The SMILES string of the molecule is CNc1cc(SC2CCCC(C)C2)nc(C(C)C)n1. The molecule has 4 heteroatoms. The van der Waals surface area contributed by atoms with Crippen LogP contribution < -0.4 is 5.32 Å². The zero-order valence-electron chi connectivity index (χ0n) is 12.4. The molecule has 1 heterocycles. The third-order valence-corrected chi connectivity index (χ3v) is 4.88. The highest BCUT2D eigenvalue weighted by Crippen LogP contribution is 2.36. The zero-order valence-corrected chi connectivity index (χ0v) is 13.3. The van der Waals surface area contributed by atoms with Gasteiger partial charge >= 0.3 is 0 Å². The Morgan fingerprint density at radius 3 is 2.74 bits per heavy atom. The Balaban J connectivity index is 2.12. The summed E-state index contributed by atoms with van der Waals surface area (Å²) in [6.45, 7) is 6.66. The minimum atomic E-state index is 0.373. The van der Waals surface area contributed by atoms with Crippen molar-refractivity contribution in [3.8, 4) is 0 Å². The predicted octanol–water partition coefficient (Wildman–Crippen LogP) is 4.31. The monoisotopic (exact) mass is 279 g/mol. The molecule has 106 valence electrons. The molecule has 1 aromatic rings. The van der Waals surface area contributed by atoms with Crippen molar-refractivity contribution < 1.29 is 0 Å². The lowest BCUT2D eigenvalue weighted by Gasteiger charge is -2.26. The second-order valence-electron chi connectivity index (χ2n) is 5.87. The van der Waals surface area contributed by atoms with Crippen LogP contribution in [-0.2, 0) is 0 Å². The van der Waals surface area contributed by atoms with Crippen molar-refractivity contribution in [3.05, 3.63) is 11.9 Å². The van der Waals surface area contributed by atoms with Gasteiger partial charge in [-0.25, -0.2) is 9.97 Å². The maximum atomic E-state index is 4.71. The van der Waals surface area contributed by atoms with E-state index in [9.17, 15) is 0 Å². The normalized spacial score (nSPS) is 23.6. The fraction of sp³-hybridized carbons (Fsp3) is 0.733. The third kappa shape index (κ3) is 4.10. The van der Waals surface area contributed by atoms with Gasteiger partial charge in [0.25, 0.3) is 0 Å². The Kier molecular flexibility index (Phi) is 5.08. The maximum absolute atomic E-state index is 4.71. The fourth-order valence-corrected chi connectivity index (χ4v) is 3.92. The number of hydrogen-bond donors (Lipinski definition) is 1. The predicted molar refractivity (Wildman–Crippen MR) is 82.9 cm³/mol.